The van der Waals surface area contributed by atoms with Gasteiger partial charge < -0.3 is 4.74 Å². The monoisotopic (exact) mass is 422 g/mol. The van der Waals surface area contributed by atoms with E-state index in [1.807, 2.05) is 0 Å². The summed E-state index contributed by atoms with van der Waals surface area (Å²) in [4.78, 5) is 0. The Bertz CT molecular complexity index is 432. The zero-order valence-electron chi connectivity index (χ0n) is 14.9. The molecule has 144 valence electrons. The number of halogens is 4. The van der Waals surface area contributed by atoms with E-state index in [2.05, 4.69) is 15.9 Å². The van der Waals surface area contributed by atoms with Crippen molar-refractivity contribution in [1.29, 1.82) is 0 Å². The maximum absolute atomic E-state index is 12.5. The highest BCUT2D eigenvalue weighted by Gasteiger charge is 2.29. The molecule has 0 fully saturated rings. The van der Waals surface area contributed by atoms with Crippen LogP contribution in [0.4, 0.5) is 13.2 Å². The lowest BCUT2D eigenvalue weighted by atomic mass is 10.1. The van der Waals surface area contributed by atoms with Gasteiger partial charge in [-0.15, -0.1) is 0 Å². The Morgan fingerprint density at radius 3 is 1.68 bits per heavy atom. The summed E-state index contributed by atoms with van der Waals surface area (Å²) >= 11 is 3.45. The number of hydrogen-bond acceptors (Lipinski definition) is 1. The highest BCUT2D eigenvalue weighted by Crippen LogP contribution is 2.29. The van der Waals surface area contributed by atoms with E-state index in [1.165, 1.54) is 63.5 Å². The van der Waals surface area contributed by atoms with Crippen molar-refractivity contribution in [3.63, 3.8) is 0 Å². The van der Waals surface area contributed by atoms with Crippen molar-refractivity contribution in [2.24, 2.45) is 0 Å². The average molecular weight is 423 g/mol. The van der Waals surface area contributed by atoms with E-state index in [0.29, 0.717) is 13.2 Å². The van der Waals surface area contributed by atoms with Crippen LogP contribution in [0.1, 0.15) is 75.3 Å². The Morgan fingerprint density at radius 2 is 1.20 bits per heavy atom. The first-order chi connectivity index (χ1) is 12.0. The van der Waals surface area contributed by atoms with Gasteiger partial charge in [-0.3, -0.25) is 0 Å². The van der Waals surface area contributed by atoms with Crippen LogP contribution in [0.25, 0.3) is 0 Å². The minimum atomic E-state index is -4.27. The Balaban J connectivity index is 1.92. The molecule has 0 aliphatic heterocycles. The van der Waals surface area contributed by atoms with Gasteiger partial charge in [0.25, 0.3) is 0 Å². The van der Waals surface area contributed by atoms with E-state index >= 15 is 0 Å². The first-order valence-corrected chi connectivity index (χ1v) is 10.5. The van der Waals surface area contributed by atoms with Crippen molar-refractivity contribution in [3.8, 4) is 0 Å². The van der Waals surface area contributed by atoms with E-state index in [9.17, 15) is 13.2 Å². The summed E-state index contributed by atoms with van der Waals surface area (Å²) in [6, 6.07) is 5.19. The predicted octanol–water partition coefficient (Wildman–Crippen LogP) is 7.52. The lowest BCUT2D eigenvalue weighted by Gasteiger charge is -2.08. The first-order valence-electron chi connectivity index (χ1n) is 9.34. The molecule has 0 spiro atoms. The molecule has 0 N–H and O–H groups in total. The van der Waals surface area contributed by atoms with Gasteiger partial charge in [0, 0.05) is 11.9 Å². The number of alkyl halides is 4. The third kappa shape index (κ3) is 11.6. The Hall–Kier alpha value is -0.550. The maximum Gasteiger partial charge on any atom is 0.416 e. The Morgan fingerprint density at radius 1 is 0.720 bits per heavy atom. The molecule has 25 heavy (non-hydrogen) atoms. The molecule has 0 amide bonds. The van der Waals surface area contributed by atoms with Gasteiger partial charge in [-0.1, -0.05) is 79.4 Å². The second-order valence-corrected chi connectivity index (χ2v) is 7.26. The largest absolute Gasteiger partial charge is 0.416 e. The van der Waals surface area contributed by atoms with E-state index in [0.717, 1.165) is 35.9 Å². The SMILES string of the molecule is FC(F)(F)c1ccc(COCCCCCCCCCCCCBr)cc1. The van der Waals surface area contributed by atoms with Crippen LogP contribution < -0.4 is 0 Å². The van der Waals surface area contributed by atoms with Crippen molar-refractivity contribution in [2.75, 3.05) is 11.9 Å². The van der Waals surface area contributed by atoms with Crippen molar-refractivity contribution in [2.45, 2.75) is 77.0 Å². The molecule has 1 rings (SSSR count). The number of benzene rings is 1. The quantitative estimate of drug-likeness (QED) is 0.222. The molecule has 1 aromatic rings. The van der Waals surface area contributed by atoms with Gasteiger partial charge in [0.1, 0.15) is 0 Å². The molecule has 0 radical (unpaired) electrons. The van der Waals surface area contributed by atoms with Crippen LogP contribution >= 0.6 is 15.9 Å². The zero-order valence-corrected chi connectivity index (χ0v) is 16.5. The Kier molecular flexibility index (Phi) is 12.3. The molecule has 0 bridgehead atoms. The lowest BCUT2D eigenvalue weighted by Crippen LogP contribution is -2.04. The molecular formula is C20H30BrF3O. The minimum absolute atomic E-state index is 0.381. The van der Waals surface area contributed by atoms with Gasteiger partial charge in [0.15, 0.2) is 0 Å². The van der Waals surface area contributed by atoms with Gasteiger partial charge in [0.2, 0.25) is 0 Å². The molecule has 0 unspecified atom stereocenters. The fourth-order valence-corrected chi connectivity index (χ4v) is 3.09. The maximum atomic E-state index is 12.5. The molecule has 0 aliphatic carbocycles. The number of hydrogen-bond donors (Lipinski definition) is 0. The second-order valence-electron chi connectivity index (χ2n) is 6.47. The van der Waals surface area contributed by atoms with Crippen molar-refractivity contribution in [1.82, 2.24) is 0 Å². The van der Waals surface area contributed by atoms with E-state index in [-0.39, 0.29) is 0 Å². The minimum Gasteiger partial charge on any atom is -0.377 e. The second kappa shape index (κ2) is 13.6. The van der Waals surface area contributed by atoms with E-state index in [4.69, 9.17) is 4.74 Å². The number of rotatable bonds is 14. The third-order valence-corrected chi connectivity index (χ3v) is 4.78. The van der Waals surface area contributed by atoms with E-state index in [1.54, 1.807) is 0 Å². The predicted molar refractivity (Wildman–Crippen MR) is 101 cm³/mol. The van der Waals surface area contributed by atoms with Crippen molar-refractivity contribution in [3.05, 3.63) is 35.4 Å². The van der Waals surface area contributed by atoms with Gasteiger partial charge >= 0.3 is 6.18 Å². The van der Waals surface area contributed by atoms with Gasteiger partial charge in [0.05, 0.1) is 12.2 Å². The van der Waals surface area contributed by atoms with Gasteiger partial charge in [-0.05, 0) is 30.5 Å². The highest BCUT2D eigenvalue weighted by atomic mass is 79.9. The van der Waals surface area contributed by atoms with Gasteiger partial charge in [-0.25, -0.2) is 0 Å². The Labute approximate surface area is 158 Å². The number of ether oxygens (including phenoxy) is 1. The molecule has 1 aromatic carbocycles. The van der Waals surface area contributed by atoms with Crippen LogP contribution in [0, 0.1) is 0 Å². The molecule has 0 atom stereocenters. The zero-order chi connectivity index (χ0) is 18.4. The van der Waals surface area contributed by atoms with Crippen LogP contribution in [0.15, 0.2) is 24.3 Å². The van der Waals surface area contributed by atoms with E-state index < -0.39 is 11.7 Å². The topological polar surface area (TPSA) is 9.23 Å². The standard InChI is InChI=1S/C20H30BrF3O/c21-15-9-7-5-3-1-2-4-6-8-10-16-25-17-18-11-13-19(14-12-18)20(22,23)24/h11-14H,1-10,15-17H2. The summed E-state index contributed by atoms with van der Waals surface area (Å²) in [6.07, 6.45) is 8.42. The van der Waals surface area contributed by atoms with Crippen LogP contribution in [-0.2, 0) is 17.5 Å². The molecule has 0 saturated carbocycles. The summed E-state index contributed by atoms with van der Waals surface area (Å²) in [6.45, 7) is 1.06. The normalized spacial score (nSPS) is 11.8. The fraction of sp³-hybridized carbons (Fsp3) is 0.700. The van der Waals surface area contributed by atoms with Crippen LogP contribution in [0.5, 0.6) is 0 Å². The number of unbranched alkanes of at least 4 members (excludes halogenated alkanes) is 9. The summed E-state index contributed by atoms with van der Waals surface area (Å²) in [5.74, 6) is 0. The summed E-state index contributed by atoms with van der Waals surface area (Å²) in [5.41, 5.74) is 0.173. The highest BCUT2D eigenvalue weighted by molar-refractivity contribution is 9.09. The van der Waals surface area contributed by atoms with Gasteiger partial charge in [-0.2, -0.15) is 13.2 Å². The average Bonchev–Trinajstić information content (AvgIpc) is 2.58. The summed E-state index contributed by atoms with van der Waals surface area (Å²) in [7, 11) is 0. The summed E-state index contributed by atoms with van der Waals surface area (Å²) in [5, 5.41) is 1.12. The lowest BCUT2D eigenvalue weighted by molar-refractivity contribution is -0.137. The smallest absolute Gasteiger partial charge is 0.377 e. The molecule has 5 heteroatoms. The fourth-order valence-electron chi connectivity index (χ4n) is 2.69. The van der Waals surface area contributed by atoms with Crippen LogP contribution in [0.2, 0.25) is 0 Å². The van der Waals surface area contributed by atoms with Crippen molar-refractivity contribution < 1.29 is 17.9 Å². The molecule has 0 heterocycles. The first kappa shape index (κ1) is 22.5. The molecule has 1 nitrogen and oxygen atoms in total. The summed E-state index contributed by atoms with van der Waals surface area (Å²) < 4.78 is 42.9. The molecule has 0 aliphatic rings. The van der Waals surface area contributed by atoms with Crippen molar-refractivity contribution >= 4 is 15.9 Å². The molecule has 0 aromatic heterocycles. The van der Waals surface area contributed by atoms with Crippen LogP contribution in [0.3, 0.4) is 0 Å². The van der Waals surface area contributed by atoms with Crippen LogP contribution in [-0.4, -0.2) is 11.9 Å². The third-order valence-electron chi connectivity index (χ3n) is 4.22. The molecular weight excluding hydrogens is 393 g/mol. The molecule has 0 saturated heterocycles.